The number of carbonyl (C=O) groups is 1. The van der Waals surface area contributed by atoms with Crippen molar-refractivity contribution >= 4 is 38.4 Å². The predicted octanol–water partition coefficient (Wildman–Crippen LogP) is 4.98. The molecule has 0 saturated heterocycles. The summed E-state index contributed by atoms with van der Waals surface area (Å²) in [6.45, 7) is 10.0. The van der Waals surface area contributed by atoms with Gasteiger partial charge < -0.3 is 19.0 Å². The lowest BCUT2D eigenvalue weighted by Gasteiger charge is -2.22. The molecule has 0 saturated carbocycles. The number of esters is 1. The number of halogens is 1. The van der Waals surface area contributed by atoms with Crippen LogP contribution in [0.1, 0.15) is 46.3 Å². The van der Waals surface area contributed by atoms with Gasteiger partial charge in [0.05, 0.1) is 13.2 Å². The maximum Gasteiger partial charge on any atom is 0.305 e. The van der Waals surface area contributed by atoms with E-state index in [1.165, 1.54) is 0 Å². The number of furan rings is 1. The molecular weight excluding hydrogens is 438 g/mol. The lowest BCUT2D eigenvalue weighted by molar-refractivity contribution is -0.143. The van der Waals surface area contributed by atoms with Crippen molar-refractivity contribution in [2.45, 2.75) is 46.8 Å². The van der Waals surface area contributed by atoms with Crippen molar-refractivity contribution in [1.29, 1.82) is 0 Å². The molecule has 0 spiro atoms. The van der Waals surface area contributed by atoms with Crippen molar-refractivity contribution < 1.29 is 23.8 Å². The van der Waals surface area contributed by atoms with Gasteiger partial charge in [-0.1, -0.05) is 29.8 Å². The fourth-order valence-electron chi connectivity index (χ4n) is 3.01. The zero-order chi connectivity index (χ0) is 21.4. The predicted molar refractivity (Wildman–Crippen MR) is 118 cm³/mol. The van der Waals surface area contributed by atoms with Crippen LogP contribution in [-0.4, -0.2) is 48.5 Å². The van der Waals surface area contributed by atoms with Crippen LogP contribution in [0.4, 0.5) is 0 Å². The topological polar surface area (TPSA) is 72.1 Å². The van der Waals surface area contributed by atoms with E-state index in [4.69, 9.17) is 13.9 Å². The van der Waals surface area contributed by atoms with Crippen molar-refractivity contribution in [2.24, 2.45) is 0 Å². The first-order chi connectivity index (χ1) is 13.9. The summed E-state index contributed by atoms with van der Waals surface area (Å²) in [5.74, 6) is 1.08. The van der Waals surface area contributed by atoms with Gasteiger partial charge in [-0.3, -0.25) is 9.69 Å². The molecule has 7 heteroatoms. The molecule has 0 aliphatic heterocycles. The smallest absolute Gasteiger partial charge is 0.305 e. The number of nitrogens with zero attached hydrogens (tertiary/aromatic N) is 1. The summed E-state index contributed by atoms with van der Waals surface area (Å²) < 4.78 is 17.7. The van der Waals surface area contributed by atoms with E-state index in [-0.39, 0.29) is 5.97 Å². The van der Waals surface area contributed by atoms with Crippen molar-refractivity contribution in [3.05, 3.63) is 34.5 Å². The summed E-state index contributed by atoms with van der Waals surface area (Å²) in [5.41, 5.74) is 1.48. The SMILES string of the molecule is CCOC(=O)CCCOc1ccc(Br)c2cc(/C(C)=C/C(O)N(CC)CC)oc12. The quantitative estimate of drug-likeness (QED) is 0.285. The number of aliphatic hydroxyl groups is 1. The van der Waals surface area contributed by atoms with Crippen LogP contribution < -0.4 is 4.74 Å². The monoisotopic (exact) mass is 467 g/mol. The molecule has 6 nitrogen and oxygen atoms in total. The second-order valence-electron chi connectivity index (χ2n) is 6.64. The number of benzene rings is 1. The Kier molecular flexibility index (Phi) is 9.20. The van der Waals surface area contributed by atoms with Gasteiger partial charge in [-0.2, -0.15) is 0 Å². The minimum atomic E-state index is -0.666. The summed E-state index contributed by atoms with van der Waals surface area (Å²) in [4.78, 5) is 13.4. The molecule has 0 fully saturated rings. The largest absolute Gasteiger partial charge is 0.490 e. The Labute approximate surface area is 180 Å². The van der Waals surface area contributed by atoms with E-state index >= 15 is 0 Å². The van der Waals surface area contributed by atoms with E-state index in [1.54, 1.807) is 13.0 Å². The highest BCUT2D eigenvalue weighted by molar-refractivity contribution is 9.10. The molecular formula is C22H30BrNO5. The van der Waals surface area contributed by atoms with Crippen molar-refractivity contribution in [1.82, 2.24) is 4.90 Å². The fourth-order valence-corrected chi connectivity index (χ4v) is 3.44. The molecule has 1 aromatic heterocycles. The number of rotatable bonds is 11. The molecule has 2 rings (SSSR count). The first-order valence-electron chi connectivity index (χ1n) is 10.0. The third kappa shape index (κ3) is 6.32. The van der Waals surface area contributed by atoms with Gasteiger partial charge in [0.2, 0.25) is 0 Å². The number of hydrogen-bond acceptors (Lipinski definition) is 6. The second-order valence-corrected chi connectivity index (χ2v) is 7.49. The van der Waals surface area contributed by atoms with Gasteiger partial charge in [-0.15, -0.1) is 0 Å². The van der Waals surface area contributed by atoms with E-state index in [1.807, 2.05) is 43.9 Å². The molecule has 2 aromatic rings. The number of aliphatic hydroxyl groups excluding tert-OH is 1. The Morgan fingerprint density at radius 2 is 2.03 bits per heavy atom. The van der Waals surface area contributed by atoms with Crippen LogP contribution in [-0.2, 0) is 9.53 Å². The van der Waals surface area contributed by atoms with Crippen molar-refractivity contribution in [2.75, 3.05) is 26.3 Å². The van der Waals surface area contributed by atoms with Crippen LogP contribution in [0.5, 0.6) is 5.75 Å². The van der Waals surface area contributed by atoms with Gasteiger partial charge >= 0.3 is 5.97 Å². The molecule has 0 radical (unpaired) electrons. The third-order valence-corrected chi connectivity index (χ3v) is 5.35. The average Bonchev–Trinajstić information content (AvgIpc) is 3.14. The summed E-state index contributed by atoms with van der Waals surface area (Å²) in [6.07, 6.45) is 2.01. The van der Waals surface area contributed by atoms with Crippen LogP contribution in [0.2, 0.25) is 0 Å². The average molecular weight is 468 g/mol. The number of likely N-dealkylation sites (N-methyl/N-ethyl adjacent to an activating group) is 1. The fraction of sp³-hybridized carbons (Fsp3) is 0.500. The van der Waals surface area contributed by atoms with Gasteiger partial charge in [0, 0.05) is 16.3 Å². The van der Waals surface area contributed by atoms with Crippen LogP contribution >= 0.6 is 15.9 Å². The highest BCUT2D eigenvalue weighted by Crippen LogP contribution is 2.36. The number of fused-ring (bicyclic) bond motifs is 1. The first kappa shape index (κ1) is 23.4. The molecule has 0 aliphatic rings. The standard InChI is InChI=1S/C22H30BrNO5/c1-5-24(6-2)20(25)13-15(4)19-14-16-17(23)10-11-18(22(16)29-19)28-12-8-9-21(26)27-7-3/h10-11,13-14,20,25H,5-9,12H2,1-4H3/b15-13+. The summed E-state index contributed by atoms with van der Waals surface area (Å²) >= 11 is 3.55. The second kappa shape index (κ2) is 11.4. The lowest BCUT2D eigenvalue weighted by Crippen LogP contribution is -2.33. The highest BCUT2D eigenvalue weighted by atomic mass is 79.9. The minimum absolute atomic E-state index is 0.218. The van der Waals surface area contributed by atoms with Crippen molar-refractivity contribution in [3.63, 3.8) is 0 Å². The van der Waals surface area contributed by atoms with Crippen LogP contribution in [0, 0.1) is 0 Å². The number of hydrogen-bond donors (Lipinski definition) is 1. The molecule has 1 unspecified atom stereocenters. The van der Waals surface area contributed by atoms with E-state index in [9.17, 15) is 9.90 Å². The third-order valence-electron chi connectivity index (χ3n) is 4.66. The molecule has 0 amide bonds. The van der Waals surface area contributed by atoms with Gasteiger partial charge in [0.15, 0.2) is 11.3 Å². The zero-order valence-electron chi connectivity index (χ0n) is 17.5. The van der Waals surface area contributed by atoms with Gasteiger partial charge in [0.1, 0.15) is 12.0 Å². The van der Waals surface area contributed by atoms with E-state index < -0.39 is 6.23 Å². The molecule has 0 bridgehead atoms. The molecule has 1 aromatic carbocycles. The number of carbonyl (C=O) groups excluding carboxylic acids is 1. The molecule has 1 atom stereocenters. The van der Waals surface area contributed by atoms with Crippen LogP contribution in [0.25, 0.3) is 16.5 Å². The van der Waals surface area contributed by atoms with Gasteiger partial charge in [-0.05, 0) is 63.2 Å². The normalized spacial score (nSPS) is 13.1. The molecule has 0 aliphatic carbocycles. The first-order valence-corrected chi connectivity index (χ1v) is 10.8. The van der Waals surface area contributed by atoms with Crippen LogP contribution in [0.15, 0.2) is 33.2 Å². The summed E-state index contributed by atoms with van der Waals surface area (Å²) in [7, 11) is 0. The van der Waals surface area contributed by atoms with Gasteiger partial charge in [-0.25, -0.2) is 0 Å². The number of ether oxygens (including phenoxy) is 2. The van der Waals surface area contributed by atoms with E-state index in [2.05, 4.69) is 15.9 Å². The number of allylic oxidation sites excluding steroid dienone is 1. The Balaban J connectivity index is 2.16. The minimum Gasteiger partial charge on any atom is -0.490 e. The molecule has 1 heterocycles. The molecule has 29 heavy (non-hydrogen) atoms. The molecule has 160 valence electrons. The Morgan fingerprint density at radius 1 is 1.31 bits per heavy atom. The Bertz CT molecular complexity index is 841. The van der Waals surface area contributed by atoms with Crippen LogP contribution in [0.3, 0.4) is 0 Å². The van der Waals surface area contributed by atoms with Gasteiger partial charge in [0.25, 0.3) is 0 Å². The molecule has 1 N–H and O–H groups in total. The van der Waals surface area contributed by atoms with Crippen molar-refractivity contribution in [3.8, 4) is 5.75 Å². The Morgan fingerprint density at radius 3 is 2.69 bits per heavy atom. The van der Waals surface area contributed by atoms with E-state index in [0.717, 1.165) is 28.5 Å². The highest BCUT2D eigenvalue weighted by Gasteiger charge is 2.16. The maximum absolute atomic E-state index is 11.4. The lowest BCUT2D eigenvalue weighted by atomic mass is 10.1. The summed E-state index contributed by atoms with van der Waals surface area (Å²) in [6, 6.07) is 5.69. The summed E-state index contributed by atoms with van der Waals surface area (Å²) in [5, 5.41) is 11.3. The maximum atomic E-state index is 11.4. The zero-order valence-corrected chi connectivity index (χ0v) is 19.1. The van der Waals surface area contributed by atoms with E-state index in [0.29, 0.717) is 43.1 Å². The Hall–Kier alpha value is -1.83.